The van der Waals surface area contributed by atoms with Crippen LogP contribution in [0.3, 0.4) is 0 Å². The third-order valence-electron chi connectivity index (χ3n) is 3.85. The number of fused-ring (bicyclic) bond motifs is 1. The molecule has 0 radical (unpaired) electrons. The van der Waals surface area contributed by atoms with Gasteiger partial charge in [-0.15, -0.1) is 10.2 Å². The third-order valence-corrected chi connectivity index (χ3v) is 3.85. The maximum Gasteiger partial charge on any atom is 0.203 e. The van der Waals surface area contributed by atoms with Crippen LogP contribution in [-0.4, -0.2) is 35.7 Å². The highest BCUT2D eigenvalue weighted by Gasteiger charge is 2.06. The predicted molar refractivity (Wildman–Crippen MR) is 90.7 cm³/mol. The van der Waals surface area contributed by atoms with E-state index in [1.54, 1.807) is 12.5 Å². The van der Waals surface area contributed by atoms with E-state index in [0.717, 1.165) is 36.8 Å². The average Bonchev–Trinajstić information content (AvgIpc) is 3.26. The van der Waals surface area contributed by atoms with Crippen LogP contribution in [0.15, 0.2) is 61.4 Å². The molecule has 4 rings (SSSR count). The quantitative estimate of drug-likeness (QED) is 0.588. The molecule has 1 aromatic carbocycles. The second kappa shape index (κ2) is 6.49. The van der Waals surface area contributed by atoms with Gasteiger partial charge in [0.15, 0.2) is 5.82 Å². The summed E-state index contributed by atoms with van der Waals surface area (Å²) in [6.45, 7) is 1.56. The van der Waals surface area contributed by atoms with Crippen LogP contribution in [0.2, 0.25) is 0 Å². The topological polar surface area (TPSA) is 72.9 Å². The molecular weight excluding hydrogens is 302 g/mol. The molecule has 0 saturated carbocycles. The lowest BCUT2D eigenvalue weighted by Gasteiger charge is -2.09. The Morgan fingerprint density at radius 3 is 2.79 bits per heavy atom. The van der Waals surface area contributed by atoms with Gasteiger partial charge in [-0.2, -0.15) is 0 Å². The van der Waals surface area contributed by atoms with Crippen molar-refractivity contribution in [1.82, 2.24) is 29.1 Å². The summed E-state index contributed by atoms with van der Waals surface area (Å²) >= 11 is 0. The number of anilines is 1. The van der Waals surface area contributed by atoms with E-state index in [2.05, 4.69) is 54.3 Å². The highest BCUT2D eigenvalue weighted by molar-refractivity contribution is 5.61. The maximum atomic E-state index is 4.47. The van der Waals surface area contributed by atoms with Crippen molar-refractivity contribution in [3.8, 4) is 0 Å². The first-order chi connectivity index (χ1) is 11.9. The maximum absolute atomic E-state index is 4.47. The standard InChI is InChI=1S/C17H17N7/c1-2-4-14(5-3-1)12-23-10-8-18-15(23)6-7-19-16-17-22-21-13-24(17)11-9-20-16/h1-5,8-11,13H,6-7,12H2,(H,19,20). The van der Waals surface area contributed by atoms with Crippen LogP contribution in [0.1, 0.15) is 11.4 Å². The van der Waals surface area contributed by atoms with Crippen molar-refractivity contribution in [3.05, 3.63) is 72.8 Å². The molecule has 120 valence electrons. The number of benzene rings is 1. The van der Waals surface area contributed by atoms with E-state index in [1.807, 2.05) is 29.1 Å². The predicted octanol–water partition coefficient (Wildman–Crippen LogP) is 2.02. The monoisotopic (exact) mass is 319 g/mol. The van der Waals surface area contributed by atoms with E-state index in [4.69, 9.17) is 0 Å². The second-order valence-corrected chi connectivity index (χ2v) is 5.47. The minimum Gasteiger partial charge on any atom is -0.366 e. The number of hydrogen-bond donors (Lipinski definition) is 1. The van der Waals surface area contributed by atoms with Crippen molar-refractivity contribution in [2.45, 2.75) is 13.0 Å². The van der Waals surface area contributed by atoms with Crippen molar-refractivity contribution in [2.24, 2.45) is 0 Å². The van der Waals surface area contributed by atoms with Crippen molar-refractivity contribution in [3.63, 3.8) is 0 Å². The fourth-order valence-corrected chi connectivity index (χ4v) is 2.67. The molecule has 7 nitrogen and oxygen atoms in total. The van der Waals surface area contributed by atoms with Gasteiger partial charge >= 0.3 is 0 Å². The molecule has 0 atom stereocenters. The minimum absolute atomic E-state index is 0.727. The molecule has 0 aliphatic rings. The SMILES string of the molecule is c1ccc(Cn2ccnc2CCNc2nccn3cnnc23)cc1. The summed E-state index contributed by atoms with van der Waals surface area (Å²) in [6.07, 6.45) is 9.88. The van der Waals surface area contributed by atoms with Crippen LogP contribution in [0.4, 0.5) is 5.82 Å². The Hall–Kier alpha value is -3.22. The van der Waals surface area contributed by atoms with Crippen LogP contribution in [-0.2, 0) is 13.0 Å². The average molecular weight is 319 g/mol. The van der Waals surface area contributed by atoms with E-state index in [1.165, 1.54) is 5.56 Å². The largest absolute Gasteiger partial charge is 0.366 e. The molecule has 3 heterocycles. The highest BCUT2D eigenvalue weighted by Crippen LogP contribution is 2.10. The highest BCUT2D eigenvalue weighted by atomic mass is 15.2. The first kappa shape index (κ1) is 14.4. The molecule has 7 heteroatoms. The Balaban J connectivity index is 1.42. The molecule has 3 aromatic heterocycles. The molecule has 0 fully saturated rings. The Morgan fingerprint density at radius 1 is 1.00 bits per heavy atom. The zero-order chi connectivity index (χ0) is 16.2. The summed E-state index contributed by atoms with van der Waals surface area (Å²) in [4.78, 5) is 8.79. The molecule has 0 aliphatic carbocycles. The van der Waals surface area contributed by atoms with E-state index >= 15 is 0 Å². The van der Waals surface area contributed by atoms with Crippen LogP contribution >= 0.6 is 0 Å². The van der Waals surface area contributed by atoms with E-state index < -0.39 is 0 Å². The normalized spacial score (nSPS) is 11.0. The summed E-state index contributed by atoms with van der Waals surface area (Å²) in [7, 11) is 0. The van der Waals surface area contributed by atoms with Crippen LogP contribution < -0.4 is 5.32 Å². The number of hydrogen-bond acceptors (Lipinski definition) is 5. The molecule has 0 bridgehead atoms. The van der Waals surface area contributed by atoms with Gasteiger partial charge in [0, 0.05) is 44.3 Å². The molecule has 0 unspecified atom stereocenters. The fourth-order valence-electron chi connectivity index (χ4n) is 2.67. The summed E-state index contributed by atoms with van der Waals surface area (Å²) in [5.41, 5.74) is 1.99. The minimum atomic E-state index is 0.727. The molecule has 24 heavy (non-hydrogen) atoms. The Labute approximate surface area is 139 Å². The van der Waals surface area contributed by atoms with E-state index in [0.29, 0.717) is 0 Å². The number of aromatic nitrogens is 6. The smallest absolute Gasteiger partial charge is 0.203 e. The van der Waals surface area contributed by atoms with Gasteiger partial charge in [0.1, 0.15) is 12.2 Å². The van der Waals surface area contributed by atoms with Crippen molar-refractivity contribution >= 4 is 11.5 Å². The van der Waals surface area contributed by atoms with Gasteiger partial charge in [-0.05, 0) is 5.56 Å². The summed E-state index contributed by atoms with van der Waals surface area (Å²) in [5, 5.41) is 11.3. The van der Waals surface area contributed by atoms with Crippen molar-refractivity contribution < 1.29 is 0 Å². The second-order valence-electron chi connectivity index (χ2n) is 5.47. The lowest BCUT2D eigenvalue weighted by molar-refractivity contribution is 0.722. The Morgan fingerprint density at radius 2 is 1.88 bits per heavy atom. The molecular formula is C17H17N7. The summed E-state index contributed by atoms with van der Waals surface area (Å²) in [5.74, 6) is 1.77. The fraction of sp³-hybridized carbons (Fsp3) is 0.176. The first-order valence-electron chi connectivity index (χ1n) is 7.82. The van der Waals surface area contributed by atoms with Gasteiger partial charge in [-0.3, -0.25) is 4.40 Å². The van der Waals surface area contributed by atoms with Crippen LogP contribution in [0, 0.1) is 0 Å². The van der Waals surface area contributed by atoms with Gasteiger partial charge in [0.2, 0.25) is 5.65 Å². The zero-order valence-electron chi connectivity index (χ0n) is 13.1. The summed E-state index contributed by atoms with van der Waals surface area (Å²) in [6, 6.07) is 10.4. The molecule has 0 spiro atoms. The van der Waals surface area contributed by atoms with Crippen LogP contribution in [0.5, 0.6) is 0 Å². The van der Waals surface area contributed by atoms with E-state index in [9.17, 15) is 0 Å². The lowest BCUT2D eigenvalue weighted by atomic mass is 10.2. The van der Waals surface area contributed by atoms with Crippen LogP contribution in [0.25, 0.3) is 5.65 Å². The first-order valence-corrected chi connectivity index (χ1v) is 7.82. The van der Waals surface area contributed by atoms with Gasteiger partial charge in [-0.1, -0.05) is 30.3 Å². The molecule has 0 aliphatic heterocycles. The number of rotatable bonds is 6. The molecule has 1 N–H and O–H groups in total. The molecule has 0 saturated heterocycles. The van der Waals surface area contributed by atoms with Gasteiger partial charge in [0.25, 0.3) is 0 Å². The van der Waals surface area contributed by atoms with Crippen molar-refractivity contribution in [2.75, 3.05) is 11.9 Å². The van der Waals surface area contributed by atoms with E-state index in [-0.39, 0.29) is 0 Å². The lowest BCUT2D eigenvalue weighted by Crippen LogP contribution is -2.12. The molecule has 0 amide bonds. The summed E-state index contributed by atoms with van der Waals surface area (Å²) < 4.78 is 4.01. The molecule has 4 aromatic rings. The van der Waals surface area contributed by atoms with Gasteiger partial charge in [-0.25, -0.2) is 9.97 Å². The number of nitrogens with zero attached hydrogens (tertiary/aromatic N) is 6. The van der Waals surface area contributed by atoms with Gasteiger partial charge in [0.05, 0.1) is 0 Å². The van der Waals surface area contributed by atoms with Gasteiger partial charge < -0.3 is 9.88 Å². The third kappa shape index (κ3) is 2.96. The Bertz CT molecular complexity index is 926. The van der Waals surface area contributed by atoms with Crippen molar-refractivity contribution in [1.29, 1.82) is 0 Å². The number of nitrogens with one attached hydrogen (secondary N) is 1. The Kier molecular flexibility index (Phi) is 3.89. The number of imidazole rings is 1. The zero-order valence-corrected chi connectivity index (χ0v) is 13.1.